The van der Waals surface area contributed by atoms with Crippen molar-refractivity contribution in [1.82, 2.24) is 9.80 Å². The highest BCUT2D eigenvalue weighted by atomic mass is 16.4. The van der Waals surface area contributed by atoms with Crippen LogP contribution in [0.15, 0.2) is 109 Å². The minimum absolute atomic E-state index is 0.0407. The van der Waals surface area contributed by atoms with Crippen LogP contribution in [0, 0.1) is 0 Å². The largest absolute Gasteiger partial charge is 0.507 e. The zero-order chi connectivity index (χ0) is 41.1. The SMILES string of the molecule is CCN(CC)CC.CN(C)CCCN1c2ccccc2CCc2ccccc21.O=C(O)c1cc2ccccc2c(Cc2c(O)c(C(=O)O)cc3ccccc23)c1O. The molecule has 0 bridgehead atoms. The molecule has 57 heavy (non-hydrogen) atoms. The standard InChI is InChI=1S/C23H16O6.C19H24N2.C6H15N/c24-20-16(14-7-3-1-5-12(14)9-18(20)22(26)27)11-17-15-8-4-2-6-13(15)10-19(21(17)25)23(28)29;1-20(2)14-7-15-21-18-10-5-3-8-16(18)12-13-17-9-4-6-11-19(17)21;1-4-7(5-2)6-3/h1-10,24-25H,11H2,(H,26,27)(H,28,29);3-6,8-11H,7,12-15H2,1-2H3;4-6H2,1-3H3. The molecule has 9 heteroatoms. The van der Waals surface area contributed by atoms with Crippen LogP contribution in [-0.2, 0) is 19.3 Å². The Labute approximate surface area is 336 Å². The molecular formula is C48H55N3O6. The number of fused-ring (bicyclic) bond motifs is 4. The first-order valence-corrected chi connectivity index (χ1v) is 19.7. The summed E-state index contributed by atoms with van der Waals surface area (Å²) in [6.07, 6.45) is 3.41. The van der Waals surface area contributed by atoms with Gasteiger partial charge in [0.05, 0.1) is 0 Å². The Hall–Kier alpha value is -5.90. The van der Waals surface area contributed by atoms with E-state index >= 15 is 0 Å². The number of hydrogen-bond acceptors (Lipinski definition) is 7. The molecule has 4 N–H and O–H groups in total. The van der Waals surface area contributed by atoms with Gasteiger partial charge in [0.15, 0.2) is 0 Å². The Morgan fingerprint density at radius 2 is 1.02 bits per heavy atom. The molecule has 0 unspecified atom stereocenters. The summed E-state index contributed by atoms with van der Waals surface area (Å²) in [5, 5.41) is 42.8. The number of phenols is 2. The number of aromatic hydroxyl groups is 2. The highest BCUT2D eigenvalue weighted by molar-refractivity contribution is 6.02. The topological polar surface area (TPSA) is 125 Å². The summed E-state index contributed by atoms with van der Waals surface area (Å²) < 4.78 is 0. The van der Waals surface area contributed by atoms with Gasteiger partial charge in [-0.3, -0.25) is 0 Å². The van der Waals surface area contributed by atoms with Gasteiger partial charge in [0.25, 0.3) is 0 Å². The molecule has 0 saturated carbocycles. The van der Waals surface area contributed by atoms with Crippen LogP contribution in [0.1, 0.15) is 70.2 Å². The highest BCUT2D eigenvalue weighted by Gasteiger charge is 2.23. The fraction of sp³-hybridized carbons (Fsp3) is 0.292. The van der Waals surface area contributed by atoms with Crippen LogP contribution in [0.2, 0.25) is 0 Å². The van der Waals surface area contributed by atoms with Crippen molar-refractivity contribution in [3.8, 4) is 11.5 Å². The fourth-order valence-corrected chi connectivity index (χ4v) is 7.51. The van der Waals surface area contributed by atoms with E-state index in [1.807, 2.05) is 0 Å². The second-order valence-electron chi connectivity index (χ2n) is 14.4. The molecule has 6 aromatic rings. The molecule has 298 valence electrons. The third kappa shape index (κ3) is 10.1. The van der Waals surface area contributed by atoms with E-state index in [9.17, 15) is 30.0 Å². The molecule has 0 atom stereocenters. The number of carboxylic acid groups (broad SMARTS) is 2. The quantitative estimate of drug-likeness (QED) is 0.102. The number of carbonyl (C=O) groups is 2. The van der Waals surface area contributed by atoms with E-state index in [0.717, 1.165) is 25.9 Å². The zero-order valence-corrected chi connectivity index (χ0v) is 33.7. The smallest absolute Gasteiger partial charge is 0.339 e. The Bertz CT molecular complexity index is 2160. The summed E-state index contributed by atoms with van der Waals surface area (Å²) in [5.41, 5.74) is 5.83. The minimum atomic E-state index is -1.28. The molecule has 7 rings (SSSR count). The van der Waals surface area contributed by atoms with Gasteiger partial charge in [0.1, 0.15) is 22.6 Å². The number of benzene rings is 6. The van der Waals surface area contributed by atoms with Crippen molar-refractivity contribution >= 4 is 44.9 Å². The van der Waals surface area contributed by atoms with Crippen LogP contribution in [0.5, 0.6) is 11.5 Å². The number of rotatable bonds is 11. The van der Waals surface area contributed by atoms with Gasteiger partial charge in [-0.15, -0.1) is 0 Å². The highest BCUT2D eigenvalue weighted by Crippen LogP contribution is 2.39. The molecule has 0 saturated heterocycles. The van der Waals surface area contributed by atoms with Gasteiger partial charge >= 0.3 is 11.9 Å². The van der Waals surface area contributed by atoms with E-state index in [2.05, 4.69) is 98.1 Å². The number of nitrogens with zero attached hydrogens (tertiary/aromatic N) is 3. The van der Waals surface area contributed by atoms with E-state index in [1.54, 1.807) is 48.5 Å². The molecule has 1 aliphatic rings. The van der Waals surface area contributed by atoms with Gasteiger partial charge in [-0.05, 0) is 116 Å². The summed E-state index contributed by atoms with van der Waals surface area (Å²) in [4.78, 5) is 30.4. The number of carboxylic acids is 2. The molecular weight excluding hydrogens is 715 g/mol. The van der Waals surface area contributed by atoms with Crippen LogP contribution in [0.4, 0.5) is 11.4 Å². The van der Waals surface area contributed by atoms with Crippen molar-refractivity contribution in [2.75, 3.05) is 51.7 Å². The average molecular weight is 770 g/mol. The lowest BCUT2D eigenvalue weighted by molar-refractivity contribution is 0.0682. The number of aromatic carboxylic acids is 2. The van der Waals surface area contributed by atoms with Gasteiger partial charge in [-0.25, -0.2) is 9.59 Å². The van der Waals surface area contributed by atoms with Crippen molar-refractivity contribution in [1.29, 1.82) is 0 Å². The molecule has 0 aromatic heterocycles. The molecule has 6 aromatic carbocycles. The van der Waals surface area contributed by atoms with Crippen molar-refractivity contribution < 1.29 is 30.0 Å². The molecule has 0 spiro atoms. The molecule has 0 fully saturated rings. The second kappa shape index (κ2) is 19.8. The lowest BCUT2D eigenvalue weighted by Crippen LogP contribution is -2.23. The van der Waals surface area contributed by atoms with E-state index in [4.69, 9.17) is 0 Å². The molecule has 0 amide bonds. The first-order chi connectivity index (χ1) is 27.5. The van der Waals surface area contributed by atoms with Gasteiger partial charge in [0, 0.05) is 35.5 Å². The van der Waals surface area contributed by atoms with E-state index < -0.39 is 23.4 Å². The van der Waals surface area contributed by atoms with Crippen LogP contribution < -0.4 is 4.90 Å². The fourth-order valence-electron chi connectivity index (χ4n) is 7.51. The van der Waals surface area contributed by atoms with E-state index in [-0.39, 0.29) is 17.5 Å². The van der Waals surface area contributed by atoms with Crippen LogP contribution in [0.25, 0.3) is 21.5 Å². The molecule has 0 aliphatic carbocycles. The lowest BCUT2D eigenvalue weighted by atomic mass is 9.90. The van der Waals surface area contributed by atoms with E-state index in [0.29, 0.717) is 32.7 Å². The number of hydrogen-bond donors (Lipinski definition) is 4. The maximum Gasteiger partial charge on any atom is 0.339 e. The first kappa shape index (κ1) is 42.2. The van der Waals surface area contributed by atoms with Crippen molar-refractivity contribution in [2.45, 2.75) is 46.5 Å². The maximum absolute atomic E-state index is 11.6. The Morgan fingerprint density at radius 3 is 1.40 bits per heavy atom. The molecule has 1 heterocycles. The minimum Gasteiger partial charge on any atom is -0.507 e. The third-order valence-corrected chi connectivity index (χ3v) is 10.6. The predicted octanol–water partition coefficient (Wildman–Crippen LogP) is 9.61. The van der Waals surface area contributed by atoms with Gasteiger partial charge < -0.3 is 35.1 Å². The van der Waals surface area contributed by atoms with Crippen molar-refractivity contribution in [3.63, 3.8) is 0 Å². The molecule has 0 radical (unpaired) electrons. The number of anilines is 2. The van der Waals surface area contributed by atoms with Crippen LogP contribution in [-0.4, -0.2) is 89.0 Å². The zero-order valence-electron chi connectivity index (χ0n) is 33.7. The third-order valence-electron chi connectivity index (χ3n) is 10.6. The van der Waals surface area contributed by atoms with Crippen LogP contribution >= 0.6 is 0 Å². The van der Waals surface area contributed by atoms with Crippen molar-refractivity contribution in [2.24, 2.45) is 0 Å². The Morgan fingerprint density at radius 1 is 0.614 bits per heavy atom. The molecule has 9 nitrogen and oxygen atoms in total. The molecule has 1 aliphatic heterocycles. The average Bonchev–Trinajstić information content (AvgIpc) is 3.37. The summed E-state index contributed by atoms with van der Waals surface area (Å²) in [6, 6.07) is 34.5. The summed E-state index contributed by atoms with van der Waals surface area (Å²) in [7, 11) is 4.29. The normalized spacial score (nSPS) is 11.9. The summed E-state index contributed by atoms with van der Waals surface area (Å²) in [6.45, 7) is 12.3. The number of para-hydroxylation sites is 2. The maximum atomic E-state index is 11.6. The summed E-state index contributed by atoms with van der Waals surface area (Å²) >= 11 is 0. The van der Waals surface area contributed by atoms with Gasteiger partial charge in [-0.2, -0.15) is 0 Å². The lowest BCUT2D eigenvalue weighted by Gasteiger charge is -2.27. The number of aryl methyl sites for hydroxylation is 2. The Balaban J connectivity index is 0.000000193. The van der Waals surface area contributed by atoms with Gasteiger partial charge in [-0.1, -0.05) is 106 Å². The van der Waals surface area contributed by atoms with Crippen LogP contribution in [0.3, 0.4) is 0 Å². The predicted molar refractivity (Wildman–Crippen MR) is 232 cm³/mol. The first-order valence-electron chi connectivity index (χ1n) is 19.7. The summed E-state index contributed by atoms with van der Waals surface area (Å²) in [5.74, 6) is -3.36. The Kier molecular flexibility index (Phi) is 14.7. The van der Waals surface area contributed by atoms with E-state index in [1.165, 1.54) is 60.7 Å². The monoisotopic (exact) mass is 769 g/mol. The van der Waals surface area contributed by atoms with Crippen molar-refractivity contribution in [3.05, 3.63) is 143 Å². The van der Waals surface area contributed by atoms with Gasteiger partial charge in [0.2, 0.25) is 0 Å². The second-order valence-corrected chi connectivity index (χ2v) is 14.4.